The van der Waals surface area contributed by atoms with Gasteiger partial charge < -0.3 is 10.6 Å². The van der Waals surface area contributed by atoms with Crippen molar-refractivity contribution in [3.63, 3.8) is 0 Å². The van der Waals surface area contributed by atoms with Crippen LogP contribution in [0.25, 0.3) is 0 Å². The summed E-state index contributed by atoms with van der Waals surface area (Å²) in [6, 6.07) is 12.5. The molecular weight excluding hydrogens is 414 g/mol. The van der Waals surface area contributed by atoms with Gasteiger partial charge in [0.2, 0.25) is 15.9 Å². The number of hydrogen-bond acceptors (Lipinski definition) is 4. The minimum atomic E-state index is -3.49. The number of benzene rings is 2. The van der Waals surface area contributed by atoms with Gasteiger partial charge in [0.1, 0.15) is 0 Å². The molecular formula is C23H31N3O4S. The molecule has 0 aliphatic heterocycles. The van der Waals surface area contributed by atoms with Crippen LogP contribution in [0.3, 0.4) is 0 Å². The normalized spacial score (nSPS) is 11.1. The first kappa shape index (κ1) is 24.4. The quantitative estimate of drug-likeness (QED) is 0.584. The first-order chi connectivity index (χ1) is 14.6. The number of amides is 2. The zero-order valence-corrected chi connectivity index (χ0v) is 19.4. The lowest BCUT2D eigenvalue weighted by atomic mass is 10.1. The van der Waals surface area contributed by atoms with Gasteiger partial charge in [0, 0.05) is 19.5 Å². The predicted octanol–water partition coefficient (Wildman–Crippen LogP) is 3.63. The number of rotatable bonds is 10. The second-order valence-corrected chi connectivity index (χ2v) is 9.49. The minimum Gasteiger partial charge on any atom is -0.352 e. The molecule has 0 aliphatic carbocycles. The number of sulfonamides is 1. The molecule has 2 rings (SSSR count). The van der Waals surface area contributed by atoms with Gasteiger partial charge in [0.25, 0.3) is 5.91 Å². The van der Waals surface area contributed by atoms with Crippen LogP contribution in [0.15, 0.2) is 42.5 Å². The summed E-state index contributed by atoms with van der Waals surface area (Å²) in [5.41, 5.74) is 3.28. The van der Waals surface area contributed by atoms with Gasteiger partial charge in [-0.15, -0.1) is 0 Å². The zero-order chi connectivity index (χ0) is 23.0. The zero-order valence-electron chi connectivity index (χ0n) is 18.6. The molecule has 0 spiro atoms. The van der Waals surface area contributed by atoms with Crippen molar-refractivity contribution in [1.29, 1.82) is 0 Å². The molecule has 2 aromatic carbocycles. The molecule has 0 aromatic heterocycles. The third-order valence-electron chi connectivity index (χ3n) is 4.78. The maximum atomic E-state index is 12.5. The molecule has 0 saturated heterocycles. The van der Waals surface area contributed by atoms with Crippen LogP contribution >= 0.6 is 0 Å². The SMILES string of the molecule is CCCNC(=O)c1ccccc1NC(=O)CCCN(c1cc(C)ccc1C)S(C)(=O)=O. The van der Waals surface area contributed by atoms with Gasteiger partial charge in [-0.1, -0.05) is 31.2 Å². The molecule has 2 aromatic rings. The van der Waals surface area contributed by atoms with Gasteiger partial charge in [0.15, 0.2) is 0 Å². The van der Waals surface area contributed by atoms with Crippen LogP contribution in [0.5, 0.6) is 0 Å². The van der Waals surface area contributed by atoms with Gasteiger partial charge in [-0.25, -0.2) is 8.42 Å². The molecule has 0 atom stereocenters. The van der Waals surface area contributed by atoms with E-state index in [2.05, 4.69) is 10.6 Å². The average Bonchev–Trinajstić information content (AvgIpc) is 2.71. The Morgan fingerprint density at radius 2 is 1.77 bits per heavy atom. The summed E-state index contributed by atoms with van der Waals surface area (Å²) in [6.07, 6.45) is 2.45. The number of aryl methyl sites for hydroxylation is 2. The van der Waals surface area contributed by atoms with E-state index < -0.39 is 10.0 Å². The third-order valence-corrected chi connectivity index (χ3v) is 5.96. The smallest absolute Gasteiger partial charge is 0.253 e. The number of carbonyl (C=O) groups is 2. The maximum absolute atomic E-state index is 12.5. The van der Waals surface area contributed by atoms with Gasteiger partial charge in [-0.2, -0.15) is 0 Å². The monoisotopic (exact) mass is 445 g/mol. The maximum Gasteiger partial charge on any atom is 0.253 e. The molecule has 0 radical (unpaired) electrons. The molecule has 0 bridgehead atoms. The molecule has 8 heteroatoms. The summed E-state index contributed by atoms with van der Waals surface area (Å²) in [6.45, 7) is 6.48. The van der Waals surface area contributed by atoms with Crippen molar-refractivity contribution in [2.75, 3.05) is 29.0 Å². The summed E-state index contributed by atoms with van der Waals surface area (Å²) in [5, 5.41) is 5.57. The highest BCUT2D eigenvalue weighted by Gasteiger charge is 2.20. The Bertz CT molecular complexity index is 1030. The lowest BCUT2D eigenvalue weighted by Crippen LogP contribution is -2.32. The summed E-state index contributed by atoms with van der Waals surface area (Å²) >= 11 is 0. The van der Waals surface area contributed by atoms with Gasteiger partial charge in [0.05, 0.1) is 23.2 Å². The highest BCUT2D eigenvalue weighted by Crippen LogP contribution is 2.24. The van der Waals surface area contributed by atoms with E-state index in [0.29, 0.717) is 29.9 Å². The number of nitrogens with zero attached hydrogens (tertiary/aromatic N) is 1. The van der Waals surface area contributed by atoms with Crippen LogP contribution in [-0.4, -0.2) is 39.6 Å². The van der Waals surface area contributed by atoms with E-state index in [1.54, 1.807) is 24.3 Å². The number of nitrogens with one attached hydrogen (secondary N) is 2. The Hall–Kier alpha value is -2.87. The van der Waals surface area contributed by atoms with Gasteiger partial charge in [-0.3, -0.25) is 13.9 Å². The standard InChI is InChI=1S/C23H31N3O4S/c1-5-14-24-23(28)19-9-6-7-10-20(19)25-22(27)11-8-15-26(31(4,29)30)21-16-17(2)12-13-18(21)3/h6-7,9-10,12-13,16H,5,8,11,14-15H2,1-4H3,(H,24,28)(H,25,27). The molecule has 2 N–H and O–H groups in total. The molecule has 0 aliphatic rings. The Balaban J connectivity index is 2.04. The molecule has 2 amide bonds. The summed E-state index contributed by atoms with van der Waals surface area (Å²) in [5.74, 6) is -0.513. The van der Waals surface area contributed by atoms with Crippen LogP contribution in [0.4, 0.5) is 11.4 Å². The fraction of sp³-hybridized carbons (Fsp3) is 0.391. The fourth-order valence-corrected chi connectivity index (χ4v) is 4.19. The van der Waals surface area contributed by atoms with Crippen LogP contribution in [-0.2, 0) is 14.8 Å². The second kappa shape index (κ2) is 10.9. The summed E-state index contributed by atoms with van der Waals surface area (Å²) in [4.78, 5) is 24.8. The van der Waals surface area contributed by atoms with E-state index in [-0.39, 0.29) is 24.8 Å². The molecule has 31 heavy (non-hydrogen) atoms. The van der Waals surface area contributed by atoms with Crippen molar-refractivity contribution in [3.05, 3.63) is 59.2 Å². The van der Waals surface area contributed by atoms with Crippen molar-refractivity contribution < 1.29 is 18.0 Å². The molecule has 0 fully saturated rings. The Labute approximate surface area is 184 Å². The average molecular weight is 446 g/mol. The Morgan fingerprint density at radius 3 is 2.45 bits per heavy atom. The van der Waals surface area contributed by atoms with Crippen molar-refractivity contribution in [1.82, 2.24) is 5.32 Å². The number of hydrogen-bond donors (Lipinski definition) is 2. The lowest BCUT2D eigenvalue weighted by Gasteiger charge is -2.24. The molecule has 168 valence electrons. The lowest BCUT2D eigenvalue weighted by molar-refractivity contribution is -0.116. The second-order valence-electron chi connectivity index (χ2n) is 7.58. The van der Waals surface area contributed by atoms with Gasteiger partial charge >= 0.3 is 0 Å². The van der Waals surface area contributed by atoms with Crippen LogP contribution in [0.2, 0.25) is 0 Å². The highest BCUT2D eigenvalue weighted by atomic mass is 32.2. The van der Waals surface area contributed by atoms with Crippen molar-refractivity contribution in [3.8, 4) is 0 Å². The minimum absolute atomic E-state index is 0.127. The van der Waals surface area contributed by atoms with Crippen molar-refractivity contribution in [2.45, 2.75) is 40.0 Å². The predicted molar refractivity (Wildman–Crippen MR) is 125 cm³/mol. The van der Waals surface area contributed by atoms with E-state index in [4.69, 9.17) is 0 Å². The number of anilines is 2. The van der Waals surface area contributed by atoms with E-state index in [1.165, 1.54) is 10.6 Å². The van der Waals surface area contributed by atoms with Crippen LogP contribution in [0.1, 0.15) is 47.7 Å². The summed E-state index contributed by atoms with van der Waals surface area (Å²) in [7, 11) is -3.49. The Kier molecular flexibility index (Phi) is 8.62. The highest BCUT2D eigenvalue weighted by molar-refractivity contribution is 7.92. The van der Waals surface area contributed by atoms with Crippen LogP contribution in [0, 0.1) is 13.8 Å². The number of para-hydroxylation sites is 1. The molecule has 7 nitrogen and oxygen atoms in total. The Morgan fingerprint density at radius 1 is 1.06 bits per heavy atom. The molecule has 0 heterocycles. The third kappa shape index (κ3) is 7.10. The molecule has 0 saturated carbocycles. The summed E-state index contributed by atoms with van der Waals surface area (Å²) < 4.78 is 26.0. The van der Waals surface area contributed by atoms with E-state index in [0.717, 1.165) is 17.5 Å². The largest absolute Gasteiger partial charge is 0.352 e. The molecule has 0 unspecified atom stereocenters. The first-order valence-corrected chi connectivity index (χ1v) is 12.2. The van der Waals surface area contributed by atoms with Crippen molar-refractivity contribution in [2.24, 2.45) is 0 Å². The first-order valence-electron chi connectivity index (χ1n) is 10.4. The fourth-order valence-electron chi connectivity index (χ4n) is 3.17. The van der Waals surface area contributed by atoms with E-state index >= 15 is 0 Å². The number of carbonyl (C=O) groups excluding carboxylic acids is 2. The van der Waals surface area contributed by atoms with Crippen molar-refractivity contribution >= 4 is 33.2 Å². The van der Waals surface area contributed by atoms with Gasteiger partial charge in [-0.05, 0) is 56.0 Å². The van der Waals surface area contributed by atoms with E-state index in [9.17, 15) is 18.0 Å². The van der Waals surface area contributed by atoms with E-state index in [1.807, 2.05) is 39.0 Å². The van der Waals surface area contributed by atoms with Crippen LogP contribution < -0.4 is 14.9 Å². The topological polar surface area (TPSA) is 95.6 Å².